The summed E-state index contributed by atoms with van der Waals surface area (Å²) in [5.41, 5.74) is 0. The molecule has 2 atom stereocenters. The number of aliphatic hydroxyl groups is 1. The molecule has 1 aliphatic rings. The maximum Gasteiger partial charge on any atom is 0.0433 e. The molecule has 0 spiro atoms. The standard InChI is InChI=1S/C12H25NO/c1-10(2)12(6-9-14)11-4-3-7-13-8-5-11/h10-14H,3-9H2,1-2H3. The summed E-state index contributed by atoms with van der Waals surface area (Å²) in [7, 11) is 0. The lowest BCUT2D eigenvalue weighted by molar-refractivity contribution is 0.169. The van der Waals surface area contributed by atoms with Gasteiger partial charge in [0.25, 0.3) is 0 Å². The van der Waals surface area contributed by atoms with Crippen LogP contribution in [0.15, 0.2) is 0 Å². The second kappa shape index (κ2) is 6.41. The molecule has 0 amide bonds. The molecule has 84 valence electrons. The van der Waals surface area contributed by atoms with Crippen LogP contribution in [0.3, 0.4) is 0 Å². The van der Waals surface area contributed by atoms with Gasteiger partial charge in [0.2, 0.25) is 0 Å². The average Bonchev–Trinajstić information content (AvgIpc) is 2.41. The second-order valence-corrected chi connectivity index (χ2v) is 4.86. The summed E-state index contributed by atoms with van der Waals surface area (Å²) < 4.78 is 0. The Balaban J connectivity index is 2.46. The highest BCUT2D eigenvalue weighted by molar-refractivity contribution is 4.76. The van der Waals surface area contributed by atoms with Gasteiger partial charge in [0.1, 0.15) is 0 Å². The first-order valence-corrected chi connectivity index (χ1v) is 6.07. The van der Waals surface area contributed by atoms with Crippen LogP contribution in [-0.2, 0) is 0 Å². The highest BCUT2D eigenvalue weighted by Crippen LogP contribution is 2.31. The maximum atomic E-state index is 9.07. The zero-order chi connectivity index (χ0) is 10.4. The van der Waals surface area contributed by atoms with E-state index in [1.807, 2.05) is 0 Å². The molecule has 0 aromatic heterocycles. The van der Waals surface area contributed by atoms with E-state index in [0.717, 1.165) is 18.3 Å². The van der Waals surface area contributed by atoms with E-state index in [0.29, 0.717) is 12.5 Å². The Kier molecular flexibility index (Phi) is 5.49. The molecule has 0 saturated carbocycles. The minimum Gasteiger partial charge on any atom is -0.396 e. The minimum atomic E-state index is 0.354. The largest absolute Gasteiger partial charge is 0.396 e. The first-order valence-electron chi connectivity index (χ1n) is 6.07. The molecule has 0 aliphatic carbocycles. The fraction of sp³-hybridized carbons (Fsp3) is 1.00. The van der Waals surface area contributed by atoms with Gasteiger partial charge in [-0.1, -0.05) is 13.8 Å². The van der Waals surface area contributed by atoms with E-state index in [2.05, 4.69) is 19.2 Å². The van der Waals surface area contributed by atoms with Crippen molar-refractivity contribution < 1.29 is 5.11 Å². The lowest BCUT2D eigenvalue weighted by atomic mass is 9.77. The van der Waals surface area contributed by atoms with Crippen LogP contribution >= 0.6 is 0 Å². The lowest BCUT2D eigenvalue weighted by Gasteiger charge is -2.28. The number of rotatable bonds is 4. The molecule has 2 N–H and O–H groups in total. The predicted molar refractivity (Wildman–Crippen MR) is 60.2 cm³/mol. The monoisotopic (exact) mass is 199 g/mol. The van der Waals surface area contributed by atoms with Gasteiger partial charge in [0.15, 0.2) is 0 Å². The smallest absolute Gasteiger partial charge is 0.0433 e. The van der Waals surface area contributed by atoms with Gasteiger partial charge in [0, 0.05) is 6.61 Å². The number of hydrogen-bond acceptors (Lipinski definition) is 2. The van der Waals surface area contributed by atoms with E-state index >= 15 is 0 Å². The van der Waals surface area contributed by atoms with Gasteiger partial charge in [-0.2, -0.15) is 0 Å². The van der Waals surface area contributed by atoms with Crippen molar-refractivity contribution in [3.05, 3.63) is 0 Å². The van der Waals surface area contributed by atoms with Crippen LogP contribution in [0.4, 0.5) is 0 Å². The van der Waals surface area contributed by atoms with Crippen molar-refractivity contribution in [2.75, 3.05) is 19.7 Å². The third-order valence-electron chi connectivity index (χ3n) is 3.54. The van der Waals surface area contributed by atoms with Gasteiger partial charge in [-0.3, -0.25) is 0 Å². The molecule has 1 saturated heterocycles. The van der Waals surface area contributed by atoms with Gasteiger partial charge in [0.05, 0.1) is 0 Å². The maximum absolute atomic E-state index is 9.07. The zero-order valence-electron chi connectivity index (χ0n) is 9.63. The molecular formula is C12H25NO. The summed E-state index contributed by atoms with van der Waals surface area (Å²) in [6, 6.07) is 0. The molecule has 2 nitrogen and oxygen atoms in total. The molecule has 0 radical (unpaired) electrons. The Morgan fingerprint density at radius 1 is 1.29 bits per heavy atom. The van der Waals surface area contributed by atoms with E-state index < -0.39 is 0 Å². The predicted octanol–water partition coefficient (Wildman–Crippen LogP) is 2.03. The summed E-state index contributed by atoms with van der Waals surface area (Å²) in [6.07, 6.45) is 4.93. The van der Waals surface area contributed by atoms with E-state index in [4.69, 9.17) is 5.11 Å². The zero-order valence-corrected chi connectivity index (χ0v) is 9.63. The average molecular weight is 199 g/mol. The molecule has 1 heterocycles. The van der Waals surface area contributed by atoms with Crippen molar-refractivity contribution in [1.29, 1.82) is 0 Å². The summed E-state index contributed by atoms with van der Waals surface area (Å²) in [5, 5.41) is 12.5. The third kappa shape index (κ3) is 3.58. The lowest BCUT2D eigenvalue weighted by Crippen LogP contribution is -2.23. The van der Waals surface area contributed by atoms with Crippen molar-refractivity contribution >= 4 is 0 Å². The van der Waals surface area contributed by atoms with Crippen LogP contribution in [0, 0.1) is 17.8 Å². The molecule has 1 aliphatic heterocycles. The van der Waals surface area contributed by atoms with Crippen molar-refractivity contribution in [2.24, 2.45) is 17.8 Å². The van der Waals surface area contributed by atoms with E-state index in [1.165, 1.54) is 32.4 Å². The molecule has 0 aromatic carbocycles. The molecule has 0 bridgehead atoms. The Bertz CT molecular complexity index is 139. The van der Waals surface area contributed by atoms with Crippen molar-refractivity contribution in [3.8, 4) is 0 Å². The SMILES string of the molecule is CC(C)C(CCO)C1CCCNCC1. The Morgan fingerprint density at radius 2 is 2.07 bits per heavy atom. The highest BCUT2D eigenvalue weighted by atomic mass is 16.3. The molecule has 14 heavy (non-hydrogen) atoms. The minimum absolute atomic E-state index is 0.354. The van der Waals surface area contributed by atoms with Gasteiger partial charge in [-0.15, -0.1) is 0 Å². The summed E-state index contributed by atoms with van der Waals surface area (Å²) in [5.74, 6) is 2.27. The Labute approximate surface area is 88.1 Å². The van der Waals surface area contributed by atoms with E-state index in [1.54, 1.807) is 0 Å². The molecule has 2 unspecified atom stereocenters. The van der Waals surface area contributed by atoms with Crippen LogP contribution in [0.1, 0.15) is 39.5 Å². The van der Waals surface area contributed by atoms with Crippen LogP contribution in [0.2, 0.25) is 0 Å². The fourth-order valence-electron chi connectivity index (χ4n) is 2.74. The molecular weight excluding hydrogens is 174 g/mol. The quantitative estimate of drug-likeness (QED) is 0.726. The van der Waals surface area contributed by atoms with Crippen LogP contribution in [-0.4, -0.2) is 24.8 Å². The van der Waals surface area contributed by atoms with Crippen LogP contribution in [0.5, 0.6) is 0 Å². The van der Waals surface area contributed by atoms with Crippen molar-refractivity contribution in [3.63, 3.8) is 0 Å². The first-order chi connectivity index (χ1) is 6.75. The fourth-order valence-corrected chi connectivity index (χ4v) is 2.74. The van der Waals surface area contributed by atoms with Gasteiger partial charge < -0.3 is 10.4 Å². The summed E-state index contributed by atoms with van der Waals surface area (Å²) in [6.45, 7) is 7.28. The Morgan fingerprint density at radius 3 is 2.71 bits per heavy atom. The van der Waals surface area contributed by atoms with Crippen molar-refractivity contribution in [1.82, 2.24) is 5.32 Å². The number of hydrogen-bond donors (Lipinski definition) is 2. The summed E-state index contributed by atoms with van der Waals surface area (Å²) >= 11 is 0. The topological polar surface area (TPSA) is 32.3 Å². The van der Waals surface area contributed by atoms with E-state index in [9.17, 15) is 0 Å². The van der Waals surface area contributed by atoms with Crippen molar-refractivity contribution in [2.45, 2.75) is 39.5 Å². The third-order valence-corrected chi connectivity index (χ3v) is 3.54. The number of aliphatic hydroxyl groups excluding tert-OH is 1. The molecule has 2 heteroatoms. The van der Waals surface area contributed by atoms with Crippen LogP contribution < -0.4 is 5.32 Å². The summed E-state index contributed by atoms with van der Waals surface area (Å²) in [4.78, 5) is 0. The van der Waals surface area contributed by atoms with E-state index in [-0.39, 0.29) is 0 Å². The molecule has 1 rings (SSSR count). The highest BCUT2D eigenvalue weighted by Gasteiger charge is 2.24. The first kappa shape index (κ1) is 12.0. The normalized spacial score (nSPS) is 26.1. The van der Waals surface area contributed by atoms with Gasteiger partial charge in [-0.05, 0) is 56.5 Å². The van der Waals surface area contributed by atoms with Gasteiger partial charge >= 0.3 is 0 Å². The van der Waals surface area contributed by atoms with Gasteiger partial charge in [-0.25, -0.2) is 0 Å². The second-order valence-electron chi connectivity index (χ2n) is 4.86. The number of nitrogens with one attached hydrogen (secondary N) is 1. The Hall–Kier alpha value is -0.0800. The molecule has 1 fully saturated rings. The molecule has 0 aromatic rings. The van der Waals surface area contributed by atoms with Crippen LogP contribution in [0.25, 0.3) is 0 Å².